The molecule has 3 aromatic rings. The lowest BCUT2D eigenvalue weighted by Gasteiger charge is -2.07. The third kappa shape index (κ3) is 2.18. The smallest absolute Gasteiger partial charge is 0.311 e. The van der Waals surface area contributed by atoms with Crippen molar-refractivity contribution in [2.45, 2.75) is 6.92 Å². The Bertz CT molecular complexity index is 795. The van der Waals surface area contributed by atoms with Crippen molar-refractivity contribution in [3.63, 3.8) is 0 Å². The van der Waals surface area contributed by atoms with Gasteiger partial charge in [0.15, 0.2) is 0 Å². The predicted octanol–water partition coefficient (Wildman–Crippen LogP) is 3.52. The summed E-state index contributed by atoms with van der Waals surface area (Å²) in [5.41, 5.74) is 2.46. The molecule has 0 aliphatic carbocycles. The lowest BCUT2D eigenvalue weighted by molar-refractivity contribution is -0.384. The molecular formula is C14H12N4O2. The molecule has 6 nitrogen and oxygen atoms in total. The van der Waals surface area contributed by atoms with Gasteiger partial charge in [-0.15, -0.1) is 0 Å². The van der Waals surface area contributed by atoms with E-state index in [4.69, 9.17) is 0 Å². The first kappa shape index (κ1) is 12.2. The number of hydrogen-bond acceptors (Lipinski definition) is 4. The standard InChI is InChI=1S/C14H12N4O2/c1-9-2-5-13(18(19)20)14(16-9)17-11-3-4-12-10(8-11)6-7-15-12/h2-8,15H,1H3,(H,16,17). The summed E-state index contributed by atoms with van der Waals surface area (Å²) in [7, 11) is 0. The SMILES string of the molecule is Cc1ccc([N+](=O)[O-])c(Nc2ccc3[nH]ccc3c2)n1. The van der Waals surface area contributed by atoms with Gasteiger partial charge in [0.2, 0.25) is 5.82 Å². The van der Waals surface area contributed by atoms with Crippen LogP contribution in [0.5, 0.6) is 0 Å². The van der Waals surface area contributed by atoms with Gasteiger partial charge in [-0.1, -0.05) is 0 Å². The van der Waals surface area contributed by atoms with Gasteiger partial charge in [-0.2, -0.15) is 0 Å². The molecule has 0 atom stereocenters. The maximum atomic E-state index is 11.0. The van der Waals surface area contributed by atoms with E-state index >= 15 is 0 Å². The first-order chi connectivity index (χ1) is 9.63. The lowest BCUT2D eigenvalue weighted by atomic mass is 10.2. The van der Waals surface area contributed by atoms with E-state index in [1.807, 2.05) is 30.5 Å². The molecule has 6 heteroatoms. The van der Waals surface area contributed by atoms with Crippen molar-refractivity contribution < 1.29 is 4.92 Å². The Morgan fingerprint density at radius 3 is 2.90 bits per heavy atom. The van der Waals surface area contributed by atoms with Crippen molar-refractivity contribution in [2.24, 2.45) is 0 Å². The molecule has 3 rings (SSSR count). The van der Waals surface area contributed by atoms with Crippen LogP contribution in [0.15, 0.2) is 42.6 Å². The number of nitrogens with one attached hydrogen (secondary N) is 2. The zero-order valence-corrected chi connectivity index (χ0v) is 10.8. The number of anilines is 2. The summed E-state index contributed by atoms with van der Waals surface area (Å²) < 4.78 is 0. The van der Waals surface area contributed by atoms with Crippen molar-refractivity contribution in [1.29, 1.82) is 0 Å². The Hall–Kier alpha value is -2.89. The Labute approximate surface area is 114 Å². The van der Waals surface area contributed by atoms with E-state index in [0.717, 1.165) is 22.3 Å². The van der Waals surface area contributed by atoms with Crippen LogP contribution in [0.2, 0.25) is 0 Å². The van der Waals surface area contributed by atoms with Crippen LogP contribution >= 0.6 is 0 Å². The summed E-state index contributed by atoms with van der Waals surface area (Å²) in [6.07, 6.45) is 1.85. The highest BCUT2D eigenvalue weighted by molar-refractivity contribution is 5.84. The minimum atomic E-state index is -0.441. The van der Waals surface area contributed by atoms with Gasteiger partial charge < -0.3 is 10.3 Å². The van der Waals surface area contributed by atoms with E-state index in [-0.39, 0.29) is 11.5 Å². The van der Waals surface area contributed by atoms with Crippen molar-refractivity contribution in [3.05, 3.63) is 58.4 Å². The summed E-state index contributed by atoms with van der Waals surface area (Å²) in [5, 5.41) is 15.1. The maximum Gasteiger partial charge on any atom is 0.311 e. The zero-order valence-electron chi connectivity index (χ0n) is 10.8. The molecule has 0 radical (unpaired) electrons. The Balaban J connectivity index is 2.01. The fraction of sp³-hybridized carbons (Fsp3) is 0.0714. The number of nitrogens with zero attached hydrogens (tertiary/aromatic N) is 2. The molecule has 2 heterocycles. The predicted molar refractivity (Wildman–Crippen MR) is 77.2 cm³/mol. The summed E-state index contributed by atoms with van der Waals surface area (Å²) in [6.45, 7) is 1.80. The number of aromatic amines is 1. The third-order valence-corrected chi connectivity index (χ3v) is 3.03. The van der Waals surface area contributed by atoms with Gasteiger partial charge in [0.25, 0.3) is 0 Å². The van der Waals surface area contributed by atoms with E-state index in [2.05, 4.69) is 15.3 Å². The number of nitro groups is 1. The van der Waals surface area contributed by atoms with E-state index in [0.29, 0.717) is 0 Å². The second-order valence-electron chi connectivity index (χ2n) is 4.48. The molecule has 0 aliphatic rings. The normalized spacial score (nSPS) is 10.7. The molecule has 0 aliphatic heterocycles. The second-order valence-corrected chi connectivity index (χ2v) is 4.48. The molecule has 1 aromatic carbocycles. The number of aryl methyl sites for hydroxylation is 1. The van der Waals surface area contributed by atoms with Gasteiger partial charge in [-0.25, -0.2) is 4.98 Å². The van der Waals surface area contributed by atoms with E-state index in [9.17, 15) is 10.1 Å². The van der Waals surface area contributed by atoms with Crippen molar-refractivity contribution in [3.8, 4) is 0 Å². The van der Waals surface area contributed by atoms with Gasteiger partial charge in [0, 0.05) is 34.5 Å². The fourth-order valence-corrected chi connectivity index (χ4v) is 2.06. The van der Waals surface area contributed by atoms with Crippen LogP contribution in [0.4, 0.5) is 17.2 Å². The van der Waals surface area contributed by atoms with Crippen LogP contribution in [0.3, 0.4) is 0 Å². The van der Waals surface area contributed by atoms with Gasteiger partial charge >= 0.3 is 5.69 Å². The number of hydrogen-bond donors (Lipinski definition) is 2. The van der Waals surface area contributed by atoms with Crippen molar-refractivity contribution in [1.82, 2.24) is 9.97 Å². The molecule has 2 N–H and O–H groups in total. The van der Waals surface area contributed by atoms with Crippen LogP contribution in [0, 0.1) is 17.0 Å². The monoisotopic (exact) mass is 268 g/mol. The highest BCUT2D eigenvalue weighted by atomic mass is 16.6. The molecule has 20 heavy (non-hydrogen) atoms. The highest BCUT2D eigenvalue weighted by Crippen LogP contribution is 2.27. The van der Waals surface area contributed by atoms with Crippen LogP contribution in [0.25, 0.3) is 10.9 Å². The lowest BCUT2D eigenvalue weighted by Crippen LogP contribution is -2.00. The van der Waals surface area contributed by atoms with Gasteiger partial charge in [0.1, 0.15) is 0 Å². The molecule has 2 aromatic heterocycles. The quantitative estimate of drug-likeness (QED) is 0.562. The van der Waals surface area contributed by atoms with Gasteiger partial charge in [-0.05, 0) is 37.3 Å². The van der Waals surface area contributed by atoms with Gasteiger partial charge in [-0.3, -0.25) is 10.1 Å². The van der Waals surface area contributed by atoms with Crippen LogP contribution in [0.1, 0.15) is 5.69 Å². The first-order valence-corrected chi connectivity index (χ1v) is 6.10. The Kier molecular flexibility index (Phi) is 2.83. The van der Waals surface area contributed by atoms with Crippen LogP contribution in [-0.2, 0) is 0 Å². The van der Waals surface area contributed by atoms with E-state index < -0.39 is 4.92 Å². The molecule has 0 amide bonds. The number of rotatable bonds is 3. The molecule has 0 saturated carbocycles. The number of pyridine rings is 1. The summed E-state index contributed by atoms with van der Waals surface area (Å²) in [5.74, 6) is 0.255. The molecule has 0 saturated heterocycles. The Morgan fingerprint density at radius 2 is 2.10 bits per heavy atom. The van der Waals surface area contributed by atoms with Crippen LogP contribution < -0.4 is 5.32 Å². The third-order valence-electron chi connectivity index (χ3n) is 3.03. The number of benzene rings is 1. The van der Waals surface area contributed by atoms with Crippen LogP contribution in [-0.4, -0.2) is 14.9 Å². The molecular weight excluding hydrogens is 256 g/mol. The average molecular weight is 268 g/mol. The van der Waals surface area contributed by atoms with E-state index in [1.165, 1.54) is 6.07 Å². The molecule has 0 unspecified atom stereocenters. The Morgan fingerprint density at radius 1 is 1.25 bits per heavy atom. The second kappa shape index (κ2) is 4.65. The summed E-state index contributed by atoms with van der Waals surface area (Å²) >= 11 is 0. The summed E-state index contributed by atoms with van der Waals surface area (Å²) in [6, 6.07) is 10.7. The number of aromatic nitrogens is 2. The molecule has 0 bridgehead atoms. The molecule has 100 valence electrons. The molecule has 0 spiro atoms. The first-order valence-electron chi connectivity index (χ1n) is 6.10. The topological polar surface area (TPSA) is 83.9 Å². The highest BCUT2D eigenvalue weighted by Gasteiger charge is 2.15. The molecule has 0 fully saturated rings. The van der Waals surface area contributed by atoms with Crippen molar-refractivity contribution in [2.75, 3.05) is 5.32 Å². The van der Waals surface area contributed by atoms with Crippen molar-refractivity contribution >= 4 is 28.1 Å². The van der Waals surface area contributed by atoms with E-state index in [1.54, 1.807) is 13.0 Å². The minimum absolute atomic E-state index is 0.0373. The zero-order chi connectivity index (χ0) is 14.1. The number of H-pyrrole nitrogens is 1. The fourth-order valence-electron chi connectivity index (χ4n) is 2.06. The minimum Gasteiger partial charge on any atom is -0.361 e. The van der Waals surface area contributed by atoms with Gasteiger partial charge in [0.05, 0.1) is 4.92 Å². The number of fused-ring (bicyclic) bond motifs is 1. The largest absolute Gasteiger partial charge is 0.361 e. The maximum absolute atomic E-state index is 11.0. The average Bonchev–Trinajstić information content (AvgIpc) is 2.85. The summed E-state index contributed by atoms with van der Waals surface area (Å²) in [4.78, 5) is 17.9.